The molecule has 148 valence electrons. The zero-order chi connectivity index (χ0) is 20.4. The Balaban J connectivity index is 1.37. The molecule has 0 aliphatic heterocycles. The summed E-state index contributed by atoms with van der Waals surface area (Å²) in [6.07, 6.45) is -2.11. The molecule has 4 rings (SSSR count). The Bertz CT molecular complexity index is 1150. The van der Waals surface area contributed by atoms with E-state index in [1.807, 2.05) is 30.5 Å². The second-order valence-electron chi connectivity index (χ2n) is 6.36. The fraction of sp³-hybridized carbons (Fsp3) is 0.150. The van der Waals surface area contributed by atoms with E-state index < -0.39 is 12.1 Å². The number of benzene rings is 2. The van der Waals surface area contributed by atoms with Crippen LogP contribution in [0.1, 0.15) is 21.8 Å². The summed E-state index contributed by atoms with van der Waals surface area (Å²) in [7, 11) is 0. The topological polar surface area (TPSA) is 83.8 Å². The van der Waals surface area contributed by atoms with E-state index in [0.29, 0.717) is 24.1 Å². The summed E-state index contributed by atoms with van der Waals surface area (Å²) in [4.78, 5) is 18.8. The highest BCUT2D eigenvalue weighted by Gasteiger charge is 2.38. The van der Waals surface area contributed by atoms with Crippen LogP contribution in [-0.4, -0.2) is 27.6 Å². The molecule has 0 unspecified atom stereocenters. The molecule has 0 bridgehead atoms. The molecule has 2 aromatic carbocycles. The van der Waals surface area contributed by atoms with Crippen molar-refractivity contribution in [3.05, 3.63) is 71.7 Å². The van der Waals surface area contributed by atoms with Crippen LogP contribution in [0.4, 0.5) is 13.2 Å². The Hall–Kier alpha value is -3.62. The first-order valence-electron chi connectivity index (χ1n) is 8.76. The third kappa shape index (κ3) is 3.98. The number of rotatable bonds is 5. The third-order valence-electron chi connectivity index (χ3n) is 4.43. The average molecular weight is 400 g/mol. The molecule has 6 nitrogen and oxygen atoms in total. The van der Waals surface area contributed by atoms with E-state index >= 15 is 0 Å². The summed E-state index contributed by atoms with van der Waals surface area (Å²) in [6.45, 7) is 0.447. The van der Waals surface area contributed by atoms with E-state index in [0.717, 1.165) is 16.5 Å². The van der Waals surface area contributed by atoms with Crippen LogP contribution in [0.25, 0.3) is 22.3 Å². The number of carbonyl (C=O) groups excluding carboxylic acids is 1. The van der Waals surface area contributed by atoms with Crippen molar-refractivity contribution in [3.8, 4) is 11.4 Å². The Morgan fingerprint density at radius 2 is 1.86 bits per heavy atom. The van der Waals surface area contributed by atoms with Crippen molar-refractivity contribution in [3.63, 3.8) is 0 Å². The first-order chi connectivity index (χ1) is 13.9. The number of aromatic nitrogens is 3. The van der Waals surface area contributed by atoms with Gasteiger partial charge in [0.25, 0.3) is 5.91 Å². The summed E-state index contributed by atoms with van der Waals surface area (Å²) in [5.41, 5.74) is 2.85. The number of hydrogen-bond acceptors (Lipinski definition) is 4. The van der Waals surface area contributed by atoms with Crippen molar-refractivity contribution in [2.75, 3.05) is 6.54 Å². The predicted octanol–water partition coefficient (Wildman–Crippen LogP) is 4.21. The van der Waals surface area contributed by atoms with Crippen molar-refractivity contribution >= 4 is 16.8 Å². The van der Waals surface area contributed by atoms with Crippen LogP contribution in [0.2, 0.25) is 0 Å². The first-order valence-corrected chi connectivity index (χ1v) is 8.76. The van der Waals surface area contributed by atoms with Crippen molar-refractivity contribution in [2.24, 2.45) is 0 Å². The summed E-state index contributed by atoms with van der Waals surface area (Å²) >= 11 is 0. The monoisotopic (exact) mass is 400 g/mol. The maximum Gasteiger partial charge on any atom is 0.471 e. The van der Waals surface area contributed by atoms with Crippen molar-refractivity contribution in [1.82, 2.24) is 20.4 Å². The molecule has 0 saturated heterocycles. The molecule has 9 heteroatoms. The highest BCUT2D eigenvalue weighted by Crippen LogP contribution is 2.29. The number of amides is 1. The number of nitrogens with zero attached hydrogens (tertiary/aromatic N) is 2. The van der Waals surface area contributed by atoms with Crippen molar-refractivity contribution in [1.29, 1.82) is 0 Å². The number of carbonyl (C=O) groups is 1. The van der Waals surface area contributed by atoms with Crippen LogP contribution >= 0.6 is 0 Å². The molecule has 0 atom stereocenters. The molecule has 0 radical (unpaired) electrons. The van der Waals surface area contributed by atoms with Gasteiger partial charge in [-0.3, -0.25) is 4.79 Å². The van der Waals surface area contributed by atoms with Gasteiger partial charge in [0, 0.05) is 34.8 Å². The number of nitrogens with one attached hydrogen (secondary N) is 2. The largest absolute Gasteiger partial charge is 0.471 e. The van der Waals surface area contributed by atoms with E-state index in [4.69, 9.17) is 0 Å². The fourth-order valence-corrected chi connectivity index (χ4v) is 2.98. The standard InChI is InChI=1S/C20H15F3N4O2/c21-20(22,23)19-26-17(27-29-19)12-5-7-13(8-6-12)18(28)24-10-9-14-11-25-16-4-2-1-3-15(14)16/h1-8,11,25H,9-10H2,(H,24,28). The third-order valence-corrected chi connectivity index (χ3v) is 4.43. The van der Waals surface area contributed by atoms with E-state index in [1.165, 1.54) is 24.3 Å². The smallest absolute Gasteiger partial charge is 0.361 e. The maximum absolute atomic E-state index is 12.5. The molecule has 0 spiro atoms. The summed E-state index contributed by atoms with van der Waals surface area (Å²) < 4.78 is 41.8. The van der Waals surface area contributed by atoms with Gasteiger partial charge in [0.05, 0.1) is 0 Å². The minimum Gasteiger partial charge on any atom is -0.361 e. The minimum atomic E-state index is -4.70. The number of hydrogen-bond donors (Lipinski definition) is 2. The molecule has 29 heavy (non-hydrogen) atoms. The van der Waals surface area contributed by atoms with E-state index in [1.54, 1.807) is 0 Å². The zero-order valence-corrected chi connectivity index (χ0v) is 15.0. The van der Waals surface area contributed by atoms with Gasteiger partial charge in [0.2, 0.25) is 5.82 Å². The molecule has 0 aliphatic carbocycles. The van der Waals surface area contributed by atoms with Gasteiger partial charge in [-0.2, -0.15) is 18.2 Å². The molecule has 0 aliphatic rings. The molecule has 2 N–H and O–H groups in total. The second-order valence-corrected chi connectivity index (χ2v) is 6.36. The number of H-pyrrole nitrogens is 1. The van der Waals surface area contributed by atoms with Gasteiger partial charge >= 0.3 is 12.1 Å². The van der Waals surface area contributed by atoms with E-state index in [-0.39, 0.29) is 11.7 Å². The molecular weight excluding hydrogens is 385 g/mol. The molecule has 0 fully saturated rings. The van der Waals surface area contributed by atoms with Crippen molar-refractivity contribution < 1.29 is 22.5 Å². The number of halogens is 3. The van der Waals surface area contributed by atoms with Crippen LogP contribution in [0.15, 0.2) is 59.3 Å². The molecule has 2 heterocycles. The molecular formula is C20H15F3N4O2. The normalized spacial score (nSPS) is 11.7. The Morgan fingerprint density at radius 3 is 2.59 bits per heavy atom. The van der Waals surface area contributed by atoms with Gasteiger partial charge in [-0.25, -0.2) is 0 Å². The molecule has 1 amide bonds. The molecule has 4 aromatic rings. The number of aromatic amines is 1. The maximum atomic E-state index is 12.5. The lowest BCUT2D eigenvalue weighted by molar-refractivity contribution is -0.159. The molecule has 0 saturated carbocycles. The van der Waals surface area contributed by atoms with E-state index in [2.05, 4.69) is 25.0 Å². The highest BCUT2D eigenvalue weighted by atomic mass is 19.4. The number of fused-ring (bicyclic) bond motifs is 1. The summed E-state index contributed by atoms with van der Waals surface area (Å²) in [5, 5.41) is 7.27. The van der Waals surface area contributed by atoms with Crippen LogP contribution in [0.5, 0.6) is 0 Å². The average Bonchev–Trinajstić information content (AvgIpc) is 3.36. The lowest BCUT2D eigenvalue weighted by atomic mass is 10.1. The van der Waals surface area contributed by atoms with Gasteiger partial charge in [-0.1, -0.05) is 35.5 Å². The SMILES string of the molecule is O=C(NCCc1c[nH]c2ccccc12)c1ccc(-c2noc(C(F)(F)F)n2)cc1. The van der Waals surface area contributed by atoms with E-state index in [9.17, 15) is 18.0 Å². The Kier molecular flexibility index (Phi) is 4.79. The molecule has 2 aromatic heterocycles. The Labute approximate surface area is 162 Å². The zero-order valence-electron chi connectivity index (χ0n) is 15.0. The number of para-hydroxylation sites is 1. The summed E-state index contributed by atoms with van der Waals surface area (Å²) in [5.74, 6) is -1.88. The lowest BCUT2D eigenvalue weighted by Crippen LogP contribution is -2.25. The van der Waals surface area contributed by atoms with Gasteiger partial charge in [-0.05, 0) is 30.2 Å². The van der Waals surface area contributed by atoms with Crippen LogP contribution in [0, 0.1) is 0 Å². The van der Waals surface area contributed by atoms with Crippen LogP contribution in [0.3, 0.4) is 0 Å². The Morgan fingerprint density at radius 1 is 1.10 bits per heavy atom. The number of alkyl halides is 3. The van der Waals surface area contributed by atoms with Crippen LogP contribution < -0.4 is 5.32 Å². The van der Waals surface area contributed by atoms with Crippen molar-refractivity contribution in [2.45, 2.75) is 12.6 Å². The second kappa shape index (κ2) is 7.42. The lowest BCUT2D eigenvalue weighted by Gasteiger charge is -2.05. The summed E-state index contributed by atoms with van der Waals surface area (Å²) in [6, 6.07) is 13.9. The highest BCUT2D eigenvalue weighted by molar-refractivity contribution is 5.94. The predicted molar refractivity (Wildman–Crippen MR) is 99.1 cm³/mol. The minimum absolute atomic E-state index is 0.191. The van der Waals surface area contributed by atoms with Gasteiger partial charge in [-0.15, -0.1) is 0 Å². The fourth-order valence-electron chi connectivity index (χ4n) is 2.98. The van der Waals surface area contributed by atoms with Crippen LogP contribution in [-0.2, 0) is 12.6 Å². The van der Waals surface area contributed by atoms with Gasteiger partial charge in [0.15, 0.2) is 0 Å². The van der Waals surface area contributed by atoms with Gasteiger partial charge < -0.3 is 14.8 Å². The quantitative estimate of drug-likeness (QED) is 0.526. The first kappa shape index (κ1) is 18.7. The van der Waals surface area contributed by atoms with Gasteiger partial charge in [0.1, 0.15) is 0 Å².